The number of ketones is 1. The Morgan fingerprint density at radius 3 is 2.11 bits per heavy atom. The van der Waals surface area contributed by atoms with E-state index in [1.165, 1.54) is 21.0 Å². The number of benzene rings is 1. The molecule has 0 spiro atoms. The van der Waals surface area contributed by atoms with Gasteiger partial charge >= 0.3 is 5.97 Å². The fraction of sp³-hybridized carbons (Fsp3) is 0.357. The summed E-state index contributed by atoms with van der Waals surface area (Å²) < 4.78 is 4.65. The molecule has 1 aromatic carbocycles. The summed E-state index contributed by atoms with van der Waals surface area (Å²) in [4.78, 5) is 34.7. The molecule has 0 aliphatic carbocycles. The molecule has 0 bridgehead atoms. The van der Waals surface area contributed by atoms with E-state index in [9.17, 15) is 14.4 Å². The quantitative estimate of drug-likeness (QED) is 0.641. The van der Waals surface area contributed by atoms with Crippen LogP contribution in [-0.4, -0.2) is 24.8 Å². The number of nitrogens with one attached hydrogen (secondary N) is 1. The van der Waals surface area contributed by atoms with E-state index in [4.69, 9.17) is 0 Å². The molecule has 0 fully saturated rings. The number of esters is 1. The van der Waals surface area contributed by atoms with Gasteiger partial charge in [0.15, 0.2) is 0 Å². The van der Waals surface area contributed by atoms with Crippen LogP contribution >= 0.6 is 0 Å². The van der Waals surface area contributed by atoms with Gasteiger partial charge in [-0.2, -0.15) is 0 Å². The van der Waals surface area contributed by atoms with Crippen LogP contribution in [0.15, 0.2) is 30.3 Å². The number of hydrogen-bond acceptors (Lipinski definition) is 4. The maximum absolute atomic E-state index is 11.8. The van der Waals surface area contributed by atoms with Gasteiger partial charge < -0.3 is 10.1 Å². The first-order valence-electron chi connectivity index (χ1n) is 5.87. The maximum atomic E-state index is 11.8. The molecule has 0 aromatic heterocycles. The standard InChI is InChI=1S/C14H17NO4/c1-9(16)12(14(18)19-3)13(15-10(2)17)11-7-5-4-6-8-11/h4-8,12-13H,1-3H3,(H,15,17)/t12-,13-/m0/s1. The lowest BCUT2D eigenvalue weighted by Gasteiger charge is -2.24. The van der Waals surface area contributed by atoms with Gasteiger partial charge in [-0.1, -0.05) is 30.3 Å². The molecule has 1 rings (SSSR count). The molecule has 0 saturated heterocycles. The Morgan fingerprint density at radius 2 is 1.68 bits per heavy atom. The molecule has 102 valence electrons. The summed E-state index contributed by atoms with van der Waals surface area (Å²) in [6, 6.07) is 8.15. The Balaban J connectivity index is 3.17. The van der Waals surface area contributed by atoms with Crippen LogP contribution in [0.25, 0.3) is 0 Å². The minimum Gasteiger partial charge on any atom is -0.468 e. The zero-order chi connectivity index (χ0) is 14.4. The van der Waals surface area contributed by atoms with E-state index in [0.29, 0.717) is 5.56 Å². The summed E-state index contributed by atoms with van der Waals surface area (Å²) >= 11 is 0. The second-order valence-electron chi connectivity index (χ2n) is 4.20. The lowest BCUT2D eigenvalue weighted by atomic mass is 9.90. The molecule has 19 heavy (non-hydrogen) atoms. The van der Waals surface area contributed by atoms with Crippen molar-refractivity contribution in [3.8, 4) is 0 Å². The minimum absolute atomic E-state index is 0.316. The number of hydrogen-bond donors (Lipinski definition) is 1. The van der Waals surface area contributed by atoms with Gasteiger partial charge in [0.1, 0.15) is 11.7 Å². The summed E-state index contributed by atoms with van der Waals surface area (Å²) in [5.41, 5.74) is 0.684. The molecule has 1 amide bonds. The monoisotopic (exact) mass is 263 g/mol. The van der Waals surface area contributed by atoms with Crippen molar-refractivity contribution in [1.29, 1.82) is 0 Å². The van der Waals surface area contributed by atoms with E-state index in [1.807, 2.05) is 6.07 Å². The fourth-order valence-corrected chi connectivity index (χ4v) is 1.90. The largest absolute Gasteiger partial charge is 0.468 e. The highest BCUT2D eigenvalue weighted by Crippen LogP contribution is 2.24. The number of Topliss-reactive ketones (excluding diaryl/α,β-unsaturated/α-hetero) is 1. The van der Waals surface area contributed by atoms with Crippen LogP contribution in [-0.2, 0) is 19.1 Å². The van der Waals surface area contributed by atoms with Crippen molar-refractivity contribution in [2.24, 2.45) is 5.92 Å². The Morgan fingerprint density at radius 1 is 1.11 bits per heavy atom. The van der Waals surface area contributed by atoms with Crippen molar-refractivity contribution in [2.75, 3.05) is 7.11 Å². The lowest BCUT2D eigenvalue weighted by Crippen LogP contribution is -2.39. The summed E-state index contributed by atoms with van der Waals surface area (Å²) in [5.74, 6) is -2.37. The molecule has 1 N–H and O–H groups in total. The van der Waals surface area contributed by atoms with Crippen LogP contribution in [0.2, 0.25) is 0 Å². The first kappa shape index (κ1) is 14.9. The van der Waals surface area contributed by atoms with E-state index in [2.05, 4.69) is 10.1 Å². The number of amides is 1. The number of methoxy groups -OCH3 is 1. The van der Waals surface area contributed by atoms with E-state index >= 15 is 0 Å². The molecular formula is C14H17NO4. The van der Waals surface area contributed by atoms with Crippen LogP contribution in [0.4, 0.5) is 0 Å². The van der Waals surface area contributed by atoms with E-state index in [0.717, 1.165) is 0 Å². The van der Waals surface area contributed by atoms with Gasteiger partial charge in [0.25, 0.3) is 0 Å². The van der Waals surface area contributed by atoms with Gasteiger partial charge in [0.2, 0.25) is 5.91 Å². The first-order valence-corrected chi connectivity index (χ1v) is 5.87. The molecule has 1 aromatic rings. The first-order chi connectivity index (χ1) is 8.97. The van der Waals surface area contributed by atoms with Crippen LogP contribution in [0, 0.1) is 5.92 Å². The Labute approximate surface area is 111 Å². The van der Waals surface area contributed by atoms with Crippen LogP contribution in [0.1, 0.15) is 25.5 Å². The fourth-order valence-electron chi connectivity index (χ4n) is 1.90. The third-order valence-electron chi connectivity index (χ3n) is 2.74. The Kier molecular flexibility index (Phi) is 5.23. The zero-order valence-corrected chi connectivity index (χ0v) is 11.2. The average Bonchev–Trinajstić information content (AvgIpc) is 2.37. The van der Waals surface area contributed by atoms with E-state index in [1.54, 1.807) is 24.3 Å². The van der Waals surface area contributed by atoms with Gasteiger partial charge in [-0.05, 0) is 12.5 Å². The van der Waals surface area contributed by atoms with Crippen LogP contribution in [0.5, 0.6) is 0 Å². The Hall–Kier alpha value is -2.17. The highest BCUT2D eigenvalue weighted by Gasteiger charge is 2.34. The molecule has 0 radical (unpaired) electrons. The van der Waals surface area contributed by atoms with Gasteiger partial charge in [-0.3, -0.25) is 14.4 Å². The van der Waals surface area contributed by atoms with Crippen molar-refractivity contribution in [2.45, 2.75) is 19.9 Å². The van der Waals surface area contributed by atoms with Crippen molar-refractivity contribution >= 4 is 17.7 Å². The minimum atomic E-state index is -1.05. The predicted octanol–water partition coefficient (Wildman–Crippen LogP) is 1.24. The lowest BCUT2D eigenvalue weighted by molar-refractivity contribution is -0.150. The van der Waals surface area contributed by atoms with Crippen LogP contribution in [0.3, 0.4) is 0 Å². The predicted molar refractivity (Wildman–Crippen MR) is 69.2 cm³/mol. The van der Waals surface area contributed by atoms with Gasteiger partial charge in [0.05, 0.1) is 13.2 Å². The smallest absolute Gasteiger partial charge is 0.318 e. The summed E-state index contributed by atoms with van der Waals surface area (Å²) in [6.07, 6.45) is 0. The number of rotatable bonds is 5. The molecule has 0 saturated carbocycles. The second-order valence-corrected chi connectivity index (χ2v) is 4.20. The highest BCUT2D eigenvalue weighted by atomic mass is 16.5. The van der Waals surface area contributed by atoms with Crippen LogP contribution < -0.4 is 5.32 Å². The van der Waals surface area contributed by atoms with Crippen molar-refractivity contribution in [3.63, 3.8) is 0 Å². The number of carbonyl (C=O) groups is 3. The molecule has 5 heteroatoms. The molecule has 0 heterocycles. The SMILES string of the molecule is COC(=O)[C@@H](C(C)=O)[C@@H](NC(C)=O)c1ccccc1. The third-order valence-corrected chi connectivity index (χ3v) is 2.74. The maximum Gasteiger partial charge on any atom is 0.318 e. The van der Waals surface area contributed by atoms with E-state index < -0.39 is 17.9 Å². The van der Waals surface area contributed by atoms with Crippen molar-refractivity contribution in [1.82, 2.24) is 5.32 Å². The summed E-state index contributed by atoms with van der Waals surface area (Å²) in [6.45, 7) is 2.64. The molecule has 0 unspecified atom stereocenters. The summed E-state index contributed by atoms with van der Waals surface area (Å²) in [7, 11) is 1.22. The van der Waals surface area contributed by atoms with Gasteiger partial charge in [-0.25, -0.2) is 0 Å². The van der Waals surface area contributed by atoms with Crippen molar-refractivity contribution < 1.29 is 19.1 Å². The highest BCUT2D eigenvalue weighted by molar-refractivity contribution is 5.99. The van der Waals surface area contributed by atoms with Crippen molar-refractivity contribution in [3.05, 3.63) is 35.9 Å². The topological polar surface area (TPSA) is 72.5 Å². The molecule has 5 nitrogen and oxygen atoms in total. The van der Waals surface area contributed by atoms with Gasteiger partial charge in [0, 0.05) is 6.92 Å². The number of carbonyl (C=O) groups excluding carboxylic acids is 3. The molecule has 0 aliphatic rings. The molecular weight excluding hydrogens is 246 g/mol. The average molecular weight is 263 g/mol. The van der Waals surface area contributed by atoms with Gasteiger partial charge in [-0.15, -0.1) is 0 Å². The molecule has 2 atom stereocenters. The number of ether oxygens (including phenoxy) is 1. The normalized spacial score (nSPS) is 13.2. The second kappa shape index (κ2) is 6.68. The third kappa shape index (κ3) is 3.91. The van der Waals surface area contributed by atoms with E-state index in [-0.39, 0.29) is 11.7 Å². The molecule has 0 aliphatic heterocycles. The summed E-state index contributed by atoms with van der Waals surface area (Å²) in [5, 5.41) is 2.63. The zero-order valence-electron chi connectivity index (χ0n) is 11.2. The Bertz CT molecular complexity index is 470.